The summed E-state index contributed by atoms with van der Waals surface area (Å²) in [6.45, 7) is 5.02. The van der Waals surface area contributed by atoms with E-state index in [0.717, 1.165) is 29.4 Å². The van der Waals surface area contributed by atoms with Crippen LogP contribution in [0.3, 0.4) is 0 Å². The van der Waals surface area contributed by atoms with Gasteiger partial charge in [0.1, 0.15) is 5.82 Å². The molecule has 0 aliphatic heterocycles. The maximum Gasteiger partial charge on any atom is 0.253 e. The Kier molecular flexibility index (Phi) is 5.14. The first-order chi connectivity index (χ1) is 10.2. The van der Waals surface area contributed by atoms with Crippen molar-refractivity contribution in [2.24, 2.45) is 5.92 Å². The first-order valence-electron chi connectivity index (χ1n) is 7.54. The third-order valence-corrected chi connectivity index (χ3v) is 3.98. The molecule has 0 saturated carbocycles. The van der Waals surface area contributed by atoms with Gasteiger partial charge in [0.05, 0.1) is 5.56 Å². The van der Waals surface area contributed by atoms with Crippen LogP contribution in [0, 0.1) is 5.92 Å². The number of nitrogens with zero attached hydrogens (tertiary/aromatic N) is 1. The molecule has 21 heavy (non-hydrogen) atoms. The Morgan fingerprint density at radius 3 is 2.48 bits per heavy atom. The van der Waals surface area contributed by atoms with Crippen LogP contribution in [0.5, 0.6) is 0 Å². The van der Waals surface area contributed by atoms with E-state index in [1.807, 2.05) is 31.3 Å². The summed E-state index contributed by atoms with van der Waals surface area (Å²) in [4.78, 5) is 16.8. The van der Waals surface area contributed by atoms with Gasteiger partial charge >= 0.3 is 0 Å². The predicted octanol–water partition coefficient (Wildman–Crippen LogP) is 3.44. The molecule has 4 heteroatoms. The second-order valence-corrected chi connectivity index (χ2v) is 5.21. The number of pyridine rings is 1. The Morgan fingerprint density at radius 2 is 1.86 bits per heavy atom. The molecule has 2 rings (SSSR count). The van der Waals surface area contributed by atoms with Crippen molar-refractivity contribution in [2.75, 3.05) is 18.9 Å². The van der Waals surface area contributed by atoms with Crippen molar-refractivity contribution in [3.8, 4) is 0 Å². The molecule has 0 radical (unpaired) electrons. The number of amides is 1. The van der Waals surface area contributed by atoms with E-state index in [1.54, 1.807) is 6.20 Å². The van der Waals surface area contributed by atoms with Crippen molar-refractivity contribution in [1.82, 2.24) is 10.3 Å². The molecule has 0 fully saturated rings. The van der Waals surface area contributed by atoms with Crippen molar-refractivity contribution in [3.63, 3.8) is 0 Å². The SMILES string of the molecule is CCC(CC)CNC(=O)c1cnc(NC)c2ccccc12. The van der Waals surface area contributed by atoms with Crippen molar-refractivity contribution >= 4 is 22.5 Å². The Balaban J connectivity index is 2.28. The maximum atomic E-state index is 12.4. The molecule has 0 atom stereocenters. The Bertz CT molecular complexity index is 620. The van der Waals surface area contributed by atoms with E-state index >= 15 is 0 Å². The van der Waals surface area contributed by atoms with Crippen LogP contribution in [0.25, 0.3) is 10.8 Å². The number of carbonyl (C=O) groups is 1. The molecular weight excluding hydrogens is 262 g/mol. The average molecular weight is 285 g/mol. The zero-order valence-electron chi connectivity index (χ0n) is 12.9. The third-order valence-electron chi connectivity index (χ3n) is 3.98. The van der Waals surface area contributed by atoms with Crippen LogP contribution in [0.1, 0.15) is 37.0 Å². The van der Waals surface area contributed by atoms with Crippen molar-refractivity contribution in [3.05, 3.63) is 36.0 Å². The molecule has 0 aliphatic carbocycles. The lowest BCUT2D eigenvalue weighted by molar-refractivity contribution is 0.0948. The lowest BCUT2D eigenvalue weighted by atomic mass is 10.0. The molecule has 0 unspecified atom stereocenters. The quantitative estimate of drug-likeness (QED) is 0.854. The summed E-state index contributed by atoms with van der Waals surface area (Å²) in [5.74, 6) is 1.28. The van der Waals surface area contributed by atoms with Crippen LogP contribution >= 0.6 is 0 Å². The molecular formula is C17H23N3O. The molecule has 2 aromatic rings. The summed E-state index contributed by atoms with van der Waals surface area (Å²) in [6.07, 6.45) is 3.80. The fraction of sp³-hybridized carbons (Fsp3) is 0.412. The highest BCUT2D eigenvalue weighted by atomic mass is 16.1. The van der Waals surface area contributed by atoms with Gasteiger partial charge in [0.2, 0.25) is 0 Å². The highest BCUT2D eigenvalue weighted by Crippen LogP contribution is 2.24. The normalized spacial score (nSPS) is 10.9. The van der Waals surface area contributed by atoms with Gasteiger partial charge in [0.15, 0.2) is 0 Å². The summed E-state index contributed by atoms with van der Waals surface area (Å²) in [7, 11) is 1.83. The Hall–Kier alpha value is -2.10. The van der Waals surface area contributed by atoms with E-state index in [1.165, 1.54) is 0 Å². The van der Waals surface area contributed by atoms with Gasteiger partial charge in [0.25, 0.3) is 5.91 Å². The zero-order chi connectivity index (χ0) is 15.2. The number of benzene rings is 1. The minimum absolute atomic E-state index is 0.0479. The number of fused-ring (bicyclic) bond motifs is 1. The molecule has 1 aromatic carbocycles. The van der Waals surface area contributed by atoms with Gasteiger partial charge < -0.3 is 10.6 Å². The molecule has 0 spiro atoms. The molecule has 2 N–H and O–H groups in total. The van der Waals surface area contributed by atoms with E-state index in [9.17, 15) is 4.79 Å². The second kappa shape index (κ2) is 7.07. The Labute approximate surface area is 126 Å². The first kappa shape index (κ1) is 15.3. The van der Waals surface area contributed by atoms with Crippen LogP contribution < -0.4 is 10.6 Å². The summed E-state index contributed by atoms with van der Waals surface area (Å²) in [5.41, 5.74) is 0.635. The maximum absolute atomic E-state index is 12.4. The van der Waals surface area contributed by atoms with E-state index < -0.39 is 0 Å². The Morgan fingerprint density at radius 1 is 1.19 bits per heavy atom. The third kappa shape index (κ3) is 3.32. The number of aromatic nitrogens is 1. The molecule has 4 nitrogen and oxygen atoms in total. The summed E-state index contributed by atoms with van der Waals surface area (Å²) >= 11 is 0. The number of nitrogens with one attached hydrogen (secondary N) is 2. The number of carbonyl (C=O) groups excluding carboxylic acids is 1. The molecule has 0 bridgehead atoms. The van der Waals surface area contributed by atoms with Gasteiger partial charge in [-0.3, -0.25) is 4.79 Å². The fourth-order valence-electron chi connectivity index (χ4n) is 2.48. The average Bonchev–Trinajstić information content (AvgIpc) is 2.54. The van der Waals surface area contributed by atoms with Gasteiger partial charge in [-0.1, -0.05) is 51.0 Å². The highest BCUT2D eigenvalue weighted by Gasteiger charge is 2.14. The van der Waals surface area contributed by atoms with Gasteiger partial charge in [0, 0.05) is 25.2 Å². The van der Waals surface area contributed by atoms with Crippen molar-refractivity contribution < 1.29 is 4.79 Å². The number of anilines is 1. The predicted molar refractivity (Wildman–Crippen MR) is 87.7 cm³/mol. The van der Waals surface area contributed by atoms with Crippen LogP contribution in [0.2, 0.25) is 0 Å². The minimum atomic E-state index is -0.0479. The highest BCUT2D eigenvalue weighted by molar-refractivity contribution is 6.09. The van der Waals surface area contributed by atoms with Crippen molar-refractivity contribution in [2.45, 2.75) is 26.7 Å². The summed E-state index contributed by atoms with van der Waals surface area (Å²) < 4.78 is 0. The largest absolute Gasteiger partial charge is 0.373 e. The molecule has 0 saturated heterocycles. The lowest BCUT2D eigenvalue weighted by Gasteiger charge is -2.14. The molecule has 1 heterocycles. The zero-order valence-corrected chi connectivity index (χ0v) is 12.9. The van der Waals surface area contributed by atoms with E-state index in [2.05, 4.69) is 29.5 Å². The van der Waals surface area contributed by atoms with Crippen LogP contribution in [-0.4, -0.2) is 24.5 Å². The molecule has 0 aliphatic rings. The smallest absolute Gasteiger partial charge is 0.253 e. The summed E-state index contributed by atoms with van der Waals surface area (Å²) in [6, 6.07) is 7.84. The lowest BCUT2D eigenvalue weighted by Crippen LogP contribution is -2.29. The standard InChI is InChI=1S/C17H23N3O/c1-4-12(5-2)10-20-17(21)15-11-19-16(18-3)14-9-7-6-8-13(14)15/h6-9,11-12H,4-5,10H2,1-3H3,(H,18,19)(H,20,21). The fourth-order valence-corrected chi connectivity index (χ4v) is 2.48. The van der Waals surface area contributed by atoms with Crippen molar-refractivity contribution in [1.29, 1.82) is 0 Å². The van der Waals surface area contributed by atoms with E-state index in [4.69, 9.17) is 0 Å². The van der Waals surface area contributed by atoms with Gasteiger partial charge in [-0.05, 0) is 11.3 Å². The van der Waals surface area contributed by atoms with E-state index in [0.29, 0.717) is 18.0 Å². The topological polar surface area (TPSA) is 54.0 Å². The van der Waals surface area contributed by atoms with E-state index in [-0.39, 0.29) is 5.91 Å². The van der Waals surface area contributed by atoms with Gasteiger partial charge in [-0.25, -0.2) is 4.98 Å². The molecule has 1 aromatic heterocycles. The monoisotopic (exact) mass is 285 g/mol. The van der Waals surface area contributed by atoms with Crippen LogP contribution in [0.15, 0.2) is 30.5 Å². The summed E-state index contributed by atoms with van der Waals surface area (Å²) in [5, 5.41) is 7.99. The number of hydrogen-bond acceptors (Lipinski definition) is 3. The first-order valence-corrected chi connectivity index (χ1v) is 7.54. The number of rotatable bonds is 6. The molecule has 1 amide bonds. The van der Waals surface area contributed by atoms with Gasteiger partial charge in [-0.15, -0.1) is 0 Å². The number of hydrogen-bond donors (Lipinski definition) is 2. The second-order valence-electron chi connectivity index (χ2n) is 5.21. The minimum Gasteiger partial charge on any atom is -0.373 e. The van der Waals surface area contributed by atoms with Crippen LogP contribution in [-0.2, 0) is 0 Å². The van der Waals surface area contributed by atoms with Gasteiger partial charge in [-0.2, -0.15) is 0 Å². The molecule has 112 valence electrons. The van der Waals surface area contributed by atoms with Crippen LogP contribution in [0.4, 0.5) is 5.82 Å².